The fourth-order valence-electron chi connectivity index (χ4n) is 3.37. The number of aryl methyl sites for hydroxylation is 3. The first-order valence-corrected chi connectivity index (χ1v) is 11.3. The van der Waals surface area contributed by atoms with Crippen LogP contribution in [-0.4, -0.2) is 26.9 Å². The van der Waals surface area contributed by atoms with E-state index in [4.69, 9.17) is 0 Å². The normalized spacial score (nSPS) is 12.5. The van der Waals surface area contributed by atoms with Crippen molar-refractivity contribution < 1.29 is 9.59 Å². The van der Waals surface area contributed by atoms with Gasteiger partial charge in [0.2, 0.25) is 5.91 Å². The van der Waals surface area contributed by atoms with Gasteiger partial charge in [0.1, 0.15) is 0 Å². The van der Waals surface area contributed by atoms with Crippen LogP contribution in [0.3, 0.4) is 0 Å². The first-order chi connectivity index (χ1) is 14.1. The van der Waals surface area contributed by atoms with E-state index >= 15 is 0 Å². The number of carbonyl (C=O) groups is 2. The fourth-order valence-corrected chi connectivity index (χ4v) is 4.81. The molecule has 2 amide bonds. The number of thiophene rings is 1. The van der Waals surface area contributed by atoms with Crippen molar-refractivity contribution >= 4 is 40.4 Å². The zero-order valence-corrected chi connectivity index (χ0v) is 19.6. The molecule has 0 bridgehead atoms. The smallest absolute Gasteiger partial charge is 0.280 e. The predicted molar refractivity (Wildman–Crippen MR) is 122 cm³/mol. The second kappa shape index (κ2) is 8.65. The van der Waals surface area contributed by atoms with Crippen molar-refractivity contribution in [3.05, 3.63) is 62.3 Å². The van der Waals surface area contributed by atoms with Gasteiger partial charge in [0.25, 0.3) is 5.91 Å². The minimum atomic E-state index is -0.821. The Hall–Kier alpha value is -2.58. The molecular weight excluding hydrogens is 416 g/mol. The maximum Gasteiger partial charge on any atom is 0.280 e. The first-order valence-electron chi connectivity index (χ1n) is 9.63. The van der Waals surface area contributed by atoms with Gasteiger partial charge in [0.05, 0.1) is 5.69 Å². The topological polar surface area (TPSA) is 75.2 Å². The molecule has 8 heteroatoms. The SMILES string of the molecule is Cc1ccsc1C(C(=O)NC(C)(C)C)N(C(=O)c1csnn1)c1c(C)cccc1C. The van der Waals surface area contributed by atoms with Crippen molar-refractivity contribution in [3.8, 4) is 0 Å². The monoisotopic (exact) mass is 442 g/mol. The molecule has 1 atom stereocenters. The van der Waals surface area contributed by atoms with Gasteiger partial charge in [-0.3, -0.25) is 14.5 Å². The maximum absolute atomic E-state index is 13.7. The highest BCUT2D eigenvalue weighted by molar-refractivity contribution is 7.10. The summed E-state index contributed by atoms with van der Waals surface area (Å²) in [5.74, 6) is -0.574. The minimum absolute atomic E-state index is 0.227. The molecule has 3 rings (SSSR count). The van der Waals surface area contributed by atoms with E-state index in [0.717, 1.165) is 38.8 Å². The van der Waals surface area contributed by atoms with Crippen molar-refractivity contribution in [1.82, 2.24) is 14.9 Å². The number of carbonyl (C=O) groups excluding carboxylic acids is 2. The van der Waals surface area contributed by atoms with Crippen LogP contribution in [0.4, 0.5) is 5.69 Å². The Morgan fingerprint density at radius 2 is 1.73 bits per heavy atom. The number of aromatic nitrogens is 2. The molecule has 2 heterocycles. The van der Waals surface area contributed by atoms with Gasteiger partial charge in [0, 0.05) is 15.8 Å². The van der Waals surface area contributed by atoms with Gasteiger partial charge in [-0.1, -0.05) is 22.7 Å². The molecule has 30 heavy (non-hydrogen) atoms. The van der Waals surface area contributed by atoms with Gasteiger partial charge in [-0.05, 0) is 81.2 Å². The van der Waals surface area contributed by atoms with Gasteiger partial charge >= 0.3 is 0 Å². The summed E-state index contributed by atoms with van der Waals surface area (Å²) in [7, 11) is 0. The number of rotatable bonds is 5. The number of amides is 2. The third-order valence-electron chi connectivity index (χ3n) is 4.63. The lowest BCUT2D eigenvalue weighted by atomic mass is 10.0. The van der Waals surface area contributed by atoms with Crippen LogP contribution in [0.1, 0.15) is 58.9 Å². The van der Waals surface area contributed by atoms with E-state index in [9.17, 15) is 9.59 Å². The lowest BCUT2D eigenvalue weighted by Crippen LogP contribution is -2.49. The van der Waals surface area contributed by atoms with Crippen molar-refractivity contribution in [2.75, 3.05) is 4.90 Å². The molecule has 158 valence electrons. The number of hydrogen-bond acceptors (Lipinski definition) is 6. The molecule has 6 nitrogen and oxygen atoms in total. The van der Waals surface area contributed by atoms with Gasteiger partial charge in [-0.2, -0.15) is 0 Å². The number of benzene rings is 1. The highest BCUT2D eigenvalue weighted by Gasteiger charge is 2.38. The summed E-state index contributed by atoms with van der Waals surface area (Å²) in [4.78, 5) is 29.7. The van der Waals surface area contributed by atoms with Crippen LogP contribution < -0.4 is 10.2 Å². The molecule has 0 saturated heterocycles. The summed E-state index contributed by atoms with van der Waals surface area (Å²) >= 11 is 2.59. The molecular formula is C22H26N4O2S2. The maximum atomic E-state index is 13.7. The number of anilines is 1. The molecule has 0 fully saturated rings. The molecule has 0 spiro atoms. The summed E-state index contributed by atoms with van der Waals surface area (Å²) in [5, 5.41) is 10.6. The van der Waals surface area contributed by atoms with E-state index in [0.29, 0.717) is 0 Å². The van der Waals surface area contributed by atoms with Crippen LogP contribution in [0.2, 0.25) is 0 Å². The summed E-state index contributed by atoms with van der Waals surface area (Å²) in [6.45, 7) is 11.6. The average Bonchev–Trinajstić information content (AvgIpc) is 3.31. The largest absolute Gasteiger partial charge is 0.349 e. The van der Waals surface area contributed by atoms with Crippen LogP contribution in [-0.2, 0) is 4.79 Å². The Morgan fingerprint density at radius 1 is 1.07 bits per heavy atom. The van der Waals surface area contributed by atoms with E-state index in [-0.39, 0.29) is 17.5 Å². The Bertz CT molecular complexity index is 1030. The Morgan fingerprint density at radius 3 is 2.23 bits per heavy atom. The minimum Gasteiger partial charge on any atom is -0.349 e. The molecule has 3 aromatic rings. The van der Waals surface area contributed by atoms with Gasteiger partial charge in [0.15, 0.2) is 11.7 Å². The van der Waals surface area contributed by atoms with Crippen molar-refractivity contribution in [2.24, 2.45) is 0 Å². The van der Waals surface area contributed by atoms with E-state index in [2.05, 4.69) is 14.9 Å². The first kappa shape index (κ1) is 22.1. The van der Waals surface area contributed by atoms with Crippen LogP contribution in [0.15, 0.2) is 35.0 Å². The number of para-hydroxylation sites is 1. The Kier molecular flexibility index (Phi) is 6.38. The zero-order valence-electron chi connectivity index (χ0n) is 18.0. The Labute approximate surface area is 185 Å². The van der Waals surface area contributed by atoms with Crippen molar-refractivity contribution in [2.45, 2.75) is 53.1 Å². The lowest BCUT2D eigenvalue weighted by Gasteiger charge is -2.34. The second-order valence-corrected chi connectivity index (χ2v) is 9.87. The quantitative estimate of drug-likeness (QED) is 0.614. The molecule has 1 aromatic carbocycles. The third kappa shape index (κ3) is 4.60. The van der Waals surface area contributed by atoms with Gasteiger partial charge < -0.3 is 5.32 Å². The molecule has 0 aliphatic carbocycles. The highest BCUT2D eigenvalue weighted by atomic mass is 32.1. The molecule has 0 aliphatic heterocycles. The predicted octanol–water partition coefficient (Wildman–Crippen LogP) is 4.83. The van der Waals surface area contributed by atoms with E-state index in [1.807, 2.05) is 71.2 Å². The molecule has 1 unspecified atom stereocenters. The van der Waals surface area contributed by atoms with Crippen LogP contribution in [0.25, 0.3) is 0 Å². The molecule has 0 saturated carbocycles. The third-order valence-corrected chi connectivity index (χ3v) is 6.21. The zero-order chi connectivity index (χ0) is 22.1. The summed E-state index contributed by atoms with van der Waals surface area (Å²) in [6.07, 6.45) is 0. The standard InChI is InChI=1S/C22H26N4O2S2/c1-13-8-7-9-14(2)17(13)26(21(28)16-12-30-25-24-16)18(19-15(3)10-11-29-19)20(27)23-22(4,5)6/h7-12,18H,1-6H3,(H,23,27). The van der Waals surface area contributed by atoms with Gasteiger partial charge in [-0.25, -0.2) is 0 Å². The second-order valence-electron chi connectivity index (χ2n) is 8.32. The van der Waals surface area contributed by atoms with Crippen molar-refractivity contribution in [3.63, 3.8) is 0 Å². The lowest BCUT2D eigenvalue weighted by molar-refractivity contribution is -0.123. The van der Waals surface area contributed by atoms with E-state index in [1.165, 1.54) is 11.3 Å². The summed E-state index contributed by atoms with van der Waals surface area (Å²) < 4.78 is 3.85. The van der Waals surface area contributed by atoms with Crippen LogP contribution >= 0.6 is 22.9 Å². The number of hydrogen-bond donors (Lipinski definition) is 1. The molecule has 2 aromatic heterocycles. The molecule has 1 N–H and O–H groups in total. The molecule has 0 aliphatic rings. The van der Waals surface area contributed by atoms with Crippen LogP contribution in [0, 0.1) is 20.8 Å². The van der Waals surface area contributed by atoms with Crippen LogP contribution in [0.5, 0.6) is 0 Å². The Balaban J connectivity index is 2.25. The van der Waals surface area contributed by atoms with E-state index < -0.39 is 11.6 Å². The number of nitrogens with one attached hydrogen (secondary N) is 1. The summed E-state index contributed by atoms with van der Waals surface area (Å²) in [5.41, 5.74) is 3.29. The van der Waals surface area contributed by atoms with E-state index in [1.54, 1.807) is 10.3 Å². The molecule has 0 radical (unpaired) electrons. The summed E-state index contributed by atoms with van der Waals surface area (Å²) in [6, 6.07) is 6.99. The number of nitrogens with zero attached hydrogens (tertiary/aromatic N) is 3. The highest BCUT2D eigenvalue weighted by Crippen LogP contribution is 2.37. The average molecular weight is 443 g/mol. The van der Waals surface area contributed by atoms with Crippen molar-refractivity contribution in [1.29, 1.82) is 0 Å². The fraction of sp³-hybridized carbons (Fsp3) is 0.364. The van der Waals surface area contributed by atoms with Gasteiger partial charge in [-0.15, -0.1) is 16.4 Å².